The summed E-state index contributed by atoms with van der Waals surface area (Å²) in [5.74, 6) is 0.786. The number of rotatable bonds is 7. The van der Waals surface area contributed by atoms with Crippen LogP contribution >= 0.6 is 0 Å². The molecule has 1 fully saturated rings. The molecule has 0 aromatic heterocycles. The smallest absolute Gasteiger partial charge is 0.262 e. The monoisotopic (exact) mass is 445 g/mol. The van der Waals surface area contributed by atoms with Gasteiger partial charge in [-0.25, -0.2) is 8.42 Å². The van der Waals surface area contributed by atoms with Crippen LogP contribution in [0.4, 0.5) is 11.4 Å². The van der Waals surface area contributed by atoms with Crippen LogP contribution in [0.2, 0.25) is 0 Å². The van der Waals surface area contributed by atoms with Crippen molar-refractivity contribution in [1.29, 1.82) is 0 Å². The van der Waals surface area contributed by atoms with E-state index in [0.29, 0.717) is 55.6 Å². The van der Waals surface area contributed by atoms with E-state index in [1.165, 1.54) is 12.1 Å². The van der Waals surface area contributed by atoms with Crippen LogP contribution in [0.3, 0.4) is 0 Å². The van der Waals surface area contributed by atoms with Crippen molar-refractivity contribution in [3.05, 3.63) is 42.5 Å². The third-order valence-corrected chi connectivity index (χ3v) is 6.40. The van der Waals surface area contributed by atoms with Crippen LogP contribution in [0.25, 0.3) is 0 Å². The molecule has 10 heteroatoms. The molecule has 0 radical (unpaired) electrons. The first-order valence-electron chi connectivity index (χ1n) is 10.0. The number of carbonyl (C=O) groups excluding carboxylic acids is 2. The van der Waals surface area contributed by atoms with Crippen LogP contribution in [0, 0.1) is 0 Å². The molecule has 0 spiro atoms. The standard InChI is InChI=1S/C21H23N3O6S/c25-20(9-11-24-10-1-2-21(24)26)22-15-3-5-16(6-4-15)23-31(27,28)17-7-8-18-19(14-17)30-13-12-29-18/h3-8,14,23H,1-2,9-13H2,(H,22,25). The molecular weight excluding hydrogens is 422 g/mol. The van der Waals surface area contributed by atoms with Gasteiger partial charge in [0.1, 0.15) is 13.2 Å². The quantitative estimate of drug-likeness (QED) is 0.676. The molecule has 2 aromatic rings. The van der Waals surface area contributed by atoms with Gasteiger partial charge in [-0.3, -0.25) is 14.3 Å². The maximum Gasteiger partial charge on any atom is 0.262 e. The molecule has 2 heterocycles. The zero-order valence-electron chi connectivity index (χ0n) is 16.8. The van der Waals surface area contributed by atoms with Gasteiger partial charge in [0.2, 0.25) is 11.8 Å². The lowest BCUT2D eigenvalue weighted by atomic mass is 10.2. The minimum absolute atomic E-state index is 0.0607. The molecule has 0 saturated carbocycles. The van der Waals surface area contributed by atoms with Gasteiger partial charge in [0.15, 0.2) is 11.5 Å². The molecule has 164 valence electrons. The van der Waals surface area contributed by atoms with Gasteiger partial charge in [0.25, 0.3) is 10.0 Å². The summed E-state index contributed by atoms with van der Waals surface area (Å²) in [5.41, 5.74) is 0.899. The molecule has 0 bridgehead atoms. The average molecular weight is 445 g/mol. The molecule has 2 aliphatic rings. The molecule has 4 rings (SSSR count). The summed E-state index contributed by atoms with van der Waals surface area (Å²) in [7, 11) is -3.82. The predicted octanol–water partition coefficient (Wildman–Crippen LogP) is 2.21. The van der Waals surface area contributed by atoms with Crippen molar-refractivity contribution in [1.82, 2.24) is 4.90 Å². The SMILES string of the molecule is O=C(CCN1CCCC1=O)Nc1ccc(NS(=O)(=O)c2ccc3c(c2)OCCO3)cc1. The van der Waals surface area contributed by atoms with Crippen LogP contribution in [-0.4, -0.2) is 51.4 Å². The summed E-state index contributed by atoms with van der Waals surface area (Å²) >= 11 is 0. The molecular formula is C21H23N3O6S. The Hall–Kier alpha value is -3.27. The molecule has 2 N–H and O–H groups in total. The minimum Gasteiger partial charge on any atom is -0.486 e. The van der Waals surface area contributed by atoms with Gasteiger partial charge >= 0.3 is 0 Å². The van der Waals surface area contributed by atoms with E-state index in [-0.39, 0.29) is 23.1 Å². The summed E-state index contributed by atoms with van der Waals surface area (Å²) in [6.45, 7) is 1.89. The summed E-state index contributed by atoms with van der Waals surface area (Å²) < 4.78 is 38.7. The summed E-state index contributed by atoms with van der Waals surface area (Å²) in [5, 5.41) is 2.75. The second-order valence-corrected chi connectivity index (χ2v) is 8.95. The van der Waals surface area contributed by atoms with Gasteiger partial charge in [-0.1, -0.05) is 0 Å². The number of carbonyl (C=O) groups is 2. The Bertz CT molecular complexity index is 1080. The first-order chi connectivity index (χ1) is 14.9. The van der Waals surface area contributed by atoms with E-state index in [2.05, 4.69) is 10.0 Å². The second-order valence-electron chi connectivity index (χ2n) is 7.27. The van der Waals surface area contributed by atoms with E-state index in [1.54, 1.807) is 35.2 Å². The maximum atomic E-state index is 12.7. The summed E-state index contributed by atoms with van der Waals surface area (Å²) in [4.78, 5) is 25.5. The third-order valence-electron chi connectivity index (χ3n) is 5.02. The van der Waals surface area contributed by atoms with Gasteiger partial charge < -0.3 is 19.7 Å². The van der Waals surface area contributed by atoms with Gasteiger partial charge in [0, 0.05) is 43.4 Å². The molecule has 0 atom stereocenters. The van der Waals surface area contributed by atoms with Crippen molar-refractivity contribution in [2.75, 3.05) is 36.3 Å². The Balaban J connectivity index is 1.34. The topological polar surface area (TPSA) is 114 Å². The van der Waals surface area contributed by atoms with E-state index >= 15 is 0 Å². The summed E-state index contributed by atoms with van der Waals surface area (Å²) in [6.07, 6.45) is 1.60. The van der Waals surface area contributed by atoms with E-state index in [1.807, 2.05) is 0 Å². The number of ether oxygens (including phenoxy) is 2. The minimum atomic E-state index is -3.82. The van der Waals surface area contributed by atoms with Crippen molar-refractivity contribution >= 4 is 33.2 Å². The van der Waals surface area contributed by atoms with Crippen molar-refractivity contribution < 1.29 is 27.5 Å². The highest BCUT2D eigenvalue weighted by Gasteiger charge is 2.21. The van der Waals surface area contributed by atoms with E-state index in [4.69, 9.17) is 9.47 Å². The normalized spacial score (nSPS) is 15.6. The van der Waals surface area contributed by atoms with Crippen molar-refractivity contribution in [2.45, 2.75) is 24.2 Å². The maximum absolute atomic E-state index is 12.7. The van der Waals surface area contributed by atoms with Crippen LogP contribution < -0.4 is 19.5 Å². The Morgan fingerprint density at radius 1 is 1.00 bits per heavy atom. The third kappa shape index (κ3) is 5.08. The molecule has 1 saturated heterocycles. The van der Waals surface area contributed by atoms with E-state index < -0.39 is 10.0 Å². The fourth-order valence-corrected chi connectivity index (χ4v) is 4.50. The highest BCUT2D eigenvalue weighted by Crippen LogP contribution is 2.32. The predicted molar refractivity (Wildman–Crippen MR) is 114 cm³/mol. The number of hydrogen-bond donors (Lipinski definition) is 2. The Morgan fingerprint density at radius 2 is 1.71 bits per heavy atom. The highest BCUT2D eigenvalue weighted by atomic mass is 32.2. The Morgan fingerprint density at radius 3 is 2.42 bits per heavy atom. The molecule has 0 unspecified atom stereocenters. The Labute approximate surface area is 180 Å². The number of anilines is 2. The first kappa shape index (κ1) is 21.0. The zero-order chi connectivity index (χ0) is 21.8. The van der Waals surface area contributed by atoms with Crippen molar-refractivity contribution in [3.63, 3.8) is 0 Å². The molecule has 0 aliphatic carbocycles. The number of hydrogen-bond acceptors (Lipinski definition) is 6. The first-order valence-corrected chi connectivity index (χ1v) is 11.5. The lowest BCUT2D eigenvalue weighted by molar-refractivity contribution is -0.128. The van der Waals surface area contributed by atoms with Crippen LogP contribution in [0.15, 0.2) is 47.4 Å². The fraction of sp³-hybridized carbons (Fsp3) is 0.333. The second kappa shape index (κ2) is 8.84. The average Bonchev–Trinajstić information content (AvgIpc) is 3.18. The number of likely N-dealkylation sites (tertiary alicyclic amines) is 1. The van der Waals surface area contributed by atoms with Crippen molar-refractivity contribution in [3.8, 4) is 11.5 Å². The zero-order valence-corrected chi connectivity index (χ0v) is 17.6. The highest BCUT2D eigenvalue weighted by molar-refractivity contribution is 7.92. The van der Waals surface area contributed by atoms with Gasteiger partial charge in [-0.2, -0.15) is 0 Å². The number of benzene rings is 2. The molecule has 2 aromatic carbocycles. The summed E-state index contributed by atoms with van der Waals surface area (Å²) in [6, 6.07) is 10.8. The molecule has 9 nitrogen and oxygen atoms in total. The van der Waals surface area contributed by atoms with Crippen LogP contribution in [0.1, 0.15) is 19.3 Å². The molecule has 2 aliphatic heterocycles. The van der Waals surface area contributed by atoms with Crippen LogP contribution in [-0.2, 0) is 19.6 Å². The lowest BCUT2D eigenvalue weighted by Crippen LogP contribution is -2.28. The van der Waals surface area contributed by atoms with Crippen LogP contribution in [0.5, 0.6) is 11.5 Å². The largest absolute Gasteiger partial charge is 0.486 e. The number of amides is 2. The fourth-order valence-electron chi connectivity index (χ4n) is 3.43. The number of nitrogens with zero attached hydrogens (tertiary/aromatic N) is 1. The number of nitrogens with one attached hydrogen (secondary N) is 2. The van der Waals surface area contributed by atoms with E-state index in [9.17, 15) is 18.0 Å². The number of sulfonamides is 1. The van der Waals surface area contributed by atoms with Crippen molar-refractivity contribution in [2.24, 2.45) is 0 Å². The number of fused-ring (bicyclic) bond motifs is 1. The van der Waals surface area contributed by atoms with Gasteiger partial charge in [0.05, 0.1) is 4.90 Å². The van der Waals surface area contributed by atoms with Gasteiger partial charge in [-0.15, -0.1) is 0 Å². The Kier molecular flexibility index (Phi) is 5.99. The van der Waals surface area contributed by atoms with E-state index in [0.717, 1.165) is 6.42 Å². The molecule has 2 amide bonds. The molecule has 31 heavy (non-hydrogen) atoms. The van der Waals surface area contributed by atoms with Gasteiger partial charge in [-0.05, 0) is 42.8 Å². The lowest BCUT2D eigenvalue weighted by Gasteiger charge is -2.19.